The number of thioether (sulfide) groups is 1. The molecule has 1 N–H and O–H groups in total. The molecule has 2 aromatic heterocycles. The van der Waals surface area contributed by atoms with E-state index in [2.05, 4.69) is 25.7 Å². The van der Waals surface area contributed by atoms with Crippen LogP contribution in [0.2, 0.25) is 5.02 Å². The van der Waals surface area contributed by atoms with Crippen LogP contribution in [0.4, 0.5) is 0 Å². The fourth-order valence-electron chi connectivity index (χ4n) is 2.89. The molecule has 0 spiro atoms. The van der Waals surface area contributed by atoms with E-state index in [9.17, 15) is 4.79 Å². The zero-order valence-electron chi connectivity index (χ0n) is 17.1. The number of halogens is 1. The Morgan fingerprint density at radius 2 is 1.84 bits per heavy atom. The van der Waals surface area contributed by atoms with Gasteiger partial charge < -0.3 is 0 Å². The van der Waals surface area contributed by atoms with Gasteiger partial charge in [0.05, 0.1) is 12.0 Å². The first-order chi connectivity index (χ1) is 15.6. The van der Waals surface area contributed by atoms with Gasteiger partial charge in [-0.15, -0.1) is 10.2 Å². The van der Waals surface area contributed by atoms with Crippen molar-refractivity contribution in [1.82, 2.24) is 25.2 Å². The molecule has 2 aromatic carbocycles. The van der Waals surface area contributed by atoms with Gasteiger partial charge in [-0.05, 0) is 37.3 Å². The fourth-order valence-corrected chi connectivity index (χ4v) is 3.82. The van der Waals surface area contributed by atoms with Gasteiger partial charge in [0.15, 0.2) is 11.0 Å². The van der Waals surface area contributed by atoms with Gasteiger partial charge in [-0.1, -0.05) is 59.3 Å². The monoisotopic (exact) mass is 462 g/mol. The maximum Gasteiger partial charge on any atom is 0.250 e. The number of aromatic nitrogens is 4. The summed E-state index contributed by atoms with van der Waals surface area (Å²) >= 11 is 7.37. The largest absolute Gasteiger partial charge is 0.272 e. The Morgan fingerprint density at radius 3 is 2.59 bits per heavy atom. The summed E-state index contributed by atoms with van der Waals surface area (Å²) < 4.78 is 1.93. The van der Waals surface area contributed by atoms with Crippen LogP contribution in [0, 0.1) is 6.92 Å². The van der Waals surface area contributed by atoms with Crippen molar-refractivity contribution in [3.8, 4) is 17.1 Å². The molecule has 160 valence electrons. The average molecular weight is 463 g/mol. The molecule has 0 atom stereocenters. The van der Waals surface area contributed by atoms with Gasteiger partial charge in [0.2, 0.25) is 0 Å². The zero-order valence-corrected chi connectivity index (χ0v) is 18.7. The van der Waals surface area contributed by atoms with Crippen LogP contribution in [0.5, 0.6) is 0 Å². The number of aryl methyl sites for hydroxylation is 1. The van der Waals surface area contributed by atoms with Crippen molar-refractivity contribution in [2.24, 2.45) is 5.10 Å². The van der Waals surface area contributed by atoms with Crippen LogP contribution >= 0.6 is 23.4 Å². The molecule has 4 aromatic rings. The van der Waals surface area contributed by atoms with E-state index in [4.69, 9.17) is 11.6 Å². The van der Waals surface area contributed by atoms with E-state index in [1.165, 1.54) is 18.0 Å². The number of nitrogens with zero attached hydrogens (tertiary/aromatic N) is 5. The third kappa shape index (κ3) is 5.22. The smallest absolute Gasteiger partial charge is 0.250 e. The van der Waals surface area contributed by atoms with E-state index >= 15 is 0 Å². The van der Waals surface area contributed by atoms with Crippen LogP contribution in [-0.4, -0.2) is 37.6 Å². The highest BCUT2D eigenvalue weighted by atomic mass is 35.5. The molecule has 0 aliphatic rings. The summed E-state index contributed by atoms with van der Waals surface area (Å²) in [5.41, 5.74) is 6.19. The first kappa shape index (κ1) is 21.7. The van der Waals surface area contributed by atoms with Crippen LogP contribution in [0.1, 0.15) is 11.1 Å². The number of hydrazone groups is 1. The van der Waals surface area contributed by atoms with Crippen LogP contribution in [-0.2, 0) is 4.79 Å². The van der Waals surface area contributed by atoms with E-state index < -0.39 is 0 Å². The number of amides is 1. The Labute approximate surface area is 194 Å². The molecule has 2 heterocycles. The Morgan fingerprint density at radius 1 is 1.09 bits per heavy atom. The van der Waals surface area contributed by atoms with Gasteiger partial charge in [-0.3, -0.25) is 14.3 Å². The highest BCUT2D eigenvalue weighted by molar-refractivity contribution is 7.99. The maximum absolute atomic E-state index is 12.3. The van der Waals surface area contributed by atoms with Crippen molar-refractivity contribution < 1.29 is 4.79 Å². The van der Waals surface area contributed by atoms with Crippen LogP contribution < -0.4 is 5.43 Å². The van der Waals surface area contributed by atoms with Gasteiger partial charge in [0.1, 0.15) is 0 Å². The van der Waals surface area contributed by atoms with Crippen LogP contribution in [0.25, 0.3) is 17.1 Å². The molecular formula is C23H19ClN6OS. The lowest BCUT2D eigenvalue weighted by Gasteiger charge is -2.10. The number of hydrogen-bond donors (Lipinski definition) is 1. The average Bonchev–Trinajstić information content (AvgIpc) is 3.24. The van der Waals surface area contributed by atoms with Crippen molar-refractivity contribution in [3.63, 3.8) is 0 Å². The second kappa shape index (κ2) is 10.2. The summed E-state index contributed by atoms with van der Waals surface area (Å²) in [6, 6.07) is 19.1. The quantitative estimate of drug-likeness (QED) is 0.248. The Kier molecular flexibility index (Phi) is 6.94. The summed E-state index contributed by atoms with van der Waals surface area (Å²) in [5, 5.41) is 13.8. The maximum atomic E-state index is 12.3. The molecule has 1 amide bonds. The minimum Gasteiger partial charge on any atom is -0.272 e. The second-order valence-corrected chi connectivity index (χ2v) is 8.17. The summed E-state index contributed by atoms with van der Waals surface area (Å²) in [7, 11) is 0. The van der Waals surface area contributed by atoms with Crippen molar-refractivity contribution in [3.05, 3.63) is 89.2 Å². The number of rotatable bonds is 7. The lowest BCUT2D eigenvalue weighted by atomic mass is 10.2. The Bertz CT molecular complexity index is 1240. The molecule has 0 bridgehead atoms. The molecule has 0 aliphatic carbocycles. The lowest BCUT2D eigenvalue weighted by molar-refractivity contribution is -0.118. The predicted octanol–water partition coefficient (Wildman–Crippen LogP) is 4.53. The van der Waals surface area contributed by atoms with Crippen LogP contribution in [0.3, 0.4) is 0 Å². The first-order valence-corrected chi connectivity index (χ1v) is 11.1. The van der Waals surface area contributed by atoms with Crippen molar-refractivity contribution in [1.29, 1.82) is 0 Å². The molecule has 0 saturated carbocycles. The molecule has 7 nitrogen and oxygen atoms in total. The van der Waals surface area contributed by atoms with E-state index in [-0.39, 0.29) is 11.7 Å². The topological polar surface area (TPSA) is 85.1 Å². The molecular weight excluding hydrogens is 444 g/mol. The molecule has 0 saturated heterocycles. The molecule has 0 unspecified atom stereocenters. The third-order valence-electron chi connectivity index (χ3n) is 4.49. The van der Waals surface area contributed by atoms with Gasteiger partial charge >= 0.3 is 0 Å². The van der Waals surface area contributed by atoms with E-state index in [0.29, 0.717) is 16.0 Å². The normalized spacial score (nSPS) is 11.1. The van der Waals surface area contributed by atoms with Crippen molar-refractivity contribution >= 4 is 35.5 Å². The van der Waals surface area contributed by atoms with Crippen molar-refractivity contribution in [2.75, 3.05) is 5.75 Å². The van der Waals surface area contributed by atoms with Gasteiger partial charge in [-0.25, -0.2) is 5.43 Å². The summed E-state index contributed by atoms with van der Waals surface area (Å²) in [6.07, 6.45) is 4.93. The van der Waals surface area contributed by atoms with E-state index in [0.717, 1.165) is 22.4 Å². The van der Waals surface area contributed by atoms with E-state index in [1.54, 1.807) is 18.5 Å². The predicted molar refractivity (Wildman–Crippen MR) is 127 cm³/mol. The second-order valence-electron chi connectivity index (χ2n) is 6.82. The molecule has 0 aliphatic heterocycles. The number of benzene rings is 2. The van der Waals surface area contributed by atoms with E-state index in [1.807, 2.05) is 66.1 Å². The minimum atomic E-state index is -0.262. The number of pyridine rings is 1. The SMILES string of the molecule is Cc1ccc(-n2c(SCC(=O)NN=Cc3ccccc3Cl)nnc2-c2ccncc2)cc1. The summed E-state index contributed by atoms with van der Waals surface area (Å²) in [4.78, 5) is 16.4. The third-order valence-corrected chi connectivity index (χ3v) is 5.77. The number of hydrogen-bond acceptors (Lipinski definition) is 6. The highest BCUT2D eigenvalue weighted by Gasteiger charge is 2.17. The summed E-state index contributed by atoms with van der Waals surface area (Å²) in [5.74, 6) is 0.540. The molecule has 0 fully saturated rings. The molecule has 0 radical (unpaired) electrons. The number of carbonyl (C=O) groups excluding carboxylic acids is 1. The molecule has 9 heteroatoms. The number of carbonyl (C=O) groups is 1. The van der Waals surface area contributed by atoms with Crippen LogP contribution in [0.15, 0.2) is 83.3 Å². The Balaban J connectivity index is 1.51. The first-order valence-electron chi connectivity index (χ1n) is 9.74. The van der Waals surface area contributed by atoms with Crippen molar-refractivity contribution in [2.45, 2.75) is 12.1 Å². The highest BCUT2D eigenvalue weighted by Crippen LogP contribution is 2.27. The van der Waals surface area contributed by atoms with Gasteiger partial charge in [0.25, 0.3) is 5.91 Å². The zero-order chi connectivity index (χ0) is 22.3. The van der Waals surface area contributed by atoms with Gasteiger partial charge in [-0.2, -0.15) is 5.10 Å². The Hall–Kier alpha value is -3.49. The number of nitrogens with one attached hydrogen (secondary N) is 1. The minimum absolute atomic E-state index is 0.125. The molecule has 4 rings (SSSR count). The standard InChI is InChI=1S/C23H19ClN6OS/c1-16-6-8-19(9-7-16)30-22(17-10-12-25-13-11-17)28-29-23(30)32-15-21(31)27-26-14-18-4-2-3-5-20(18)24/h2-14H,15H2,1H3,(H,27,31). The van der Waals surface area contributed by atoms with Gasteiger partial charge in [0, 0.05) is 34.2 Å². The molecule has 32 heavy (non-hydrogen) atoms. The fraction of sp³-hybridized carbons (Fsp3) is 0.0870. The lowest BCUT2D eigenvalue weighted by Crippen LogP contribution is -2.20. The summed E-state index contributed by atoms with van der Waals surface area (Å²) in [6.45, 7) is 2.03.